The average Bonchev–Trinajstić information content (AvgIpc) is 2.95. The molecule has 2 aromatic heterocycles. The van der Waals surface area contributed by atoms with Gasteiger partial charge in [-0.15, -0.1) is 0 Å². The highest BCUT2D eigenvalue weighted by atomic mass is 32.2. The lowest BCUT2D eigenvalue weighted by Gasteiger charge is -2.22. The molecule has 45 heavy (non-hydrogen) atoms. The number of aryl methyl sites for hydroxylation is 1. The SMILES string of the molecule is Cc1ccc(-c2c(C(=O)NCc3cc(C(F)(F)F)cc(C(F)(F)F)c3)n(C[C@@H](C)COS(C)(=O)=O)c(=O)c3ncccc23)cc1. The monoisotopic (exact) mass is 655 g/mol. The van der Waals surface area contributed by atoms with Gasteiger partial charge >= 0.3 is 12.4 Å². The number of halogens is 6. The largest absolute Gasteiger partial charge is 0.416 e. The molecule has 2 heterocycles. The molecular formula is C30H27F6N3O5S. The van der Waals surface area contributed by atoms with Gasteiger partial charge in [0.05, 0.1) is 24.0 Å². The van der Waals surface area contributed by atoms with Gasteiger partial charge in [-0.05, 0) is 48.2 Å². The molecule has 1 amide bonds. The Morgan fingerprint density at radius 2 is 1.60 bits per heavy atom. The van der Waals surface area contributed by atoms with Crippen LogP contribution in [0.4, 0.5) is 26.3 Å². The van der Waals surface area contributed by atoms with Crippen LogP contribution in [0.15, 0.2) is 65.6 Å². The fourth-order valence-corrected chi connectivity index (χ4v) is 5.16. The quantitative estimate of drug-likeness (QED) is 0.176. The zero-order valence-electron chi connectivity index (χ0n) is 24.1. The number of hydrogen-bond acceptors (Lipinski definition) is 6. The van der Waals surface area contributed by atoms with Crippen molar-refractivity contribution in [2.75, 3.05) is 12.9 Å². The van der Waals surface area contributed by atoms with Gasteiger partial charge in [0.15, 0.2) is 0 Å². The van der Waals surface area contributed by atoms with E-state index in [4.69, 9.17) is 4.18 Å². The van der Waals surface area contributed by atoms with E-state index in [1.165, 1.54) is 12.3 Å². The summed E-state index contributed by atoms with van der Waals surface area (Å²) in [6, 6.07) is 10.9. The summed E-state index contributed by atoms with van der Waals surface area (Å²) in [5.74, 6) is -1.63. The summed E-state index contributed by atoms with van der Waals surface area (Å²) in [5, 5.41) is 2.64. The second kappa shape index (κ2) is 12.6. The van der Waals surface area contributed by atoms with Gasteiger partial charge in [0.1, 0.15) is 11.2 Å². The number of hydrogen-bond donors (Lipinski definition) is 1. The third kappa shape index (κ3) is 8.08. The molecule has 0 bridgehead atoms. The molecule has 1 N–H and O–H groups in total. The van der Waals surface area contributed by atoms with E-state index >= 15 is 0 Å². The molecular weight excluding hydrogens is 628 g/mol. The van der Waals surface area contributed by atoms with Crippen LogP contribution < -0.4 is 10.9 Å². The first kappa shape index (κ1) is 33.6. The number of aromatic nitrogens is 2. The lowest BCUT2D eigenvalue weighted by molar-refractivity contribution is -0.143. The lowest BCUT2D eigenvalue weighted by Crippen LogP contribution is -2.35. The fraction of sp³-hybridized carbons (Fsp3) is 0.300. The van der Waals surface area contributed by atoms with E-state index in [1.807, 2.05) is 6.92 Å². The number of alkyl halides is 6. The molecule has 15 heteroatoms. The summed E-state index contributed by atoms with van der Waals surface area (Å²) in [7, 11) is -3.84. The van der Waals surface area contributed by atoms with Gasteiger partial charge in [-0.1, -0.05) is 42.8 Å². The number of amides is 1. The molecule has 0 spiro atoms. The first-order chi connectivity index (χ1) is 20.8. The number of nitrogens with one attached hydrogen (secondary N) is 1. The number of rotatable bonds is 9. The minimum absolute atomic E-state index is 0.0191. The smallest absolute Gasteiger partial charge is 0.347 e. The third-order valence-corrected chi connectivity index (χ3v) is 7.31. The summed E-state index contributed by atoms with van der Waals surface area (Å²) >= 11 is 0. The van der Waals surface area contributed by atoms with Crippen molar-refractivity contribution in [1.29, 1.82) is 0 Å². The van der Waals surface area contributed by atoms with Crippen molar-refractivity contribution in [3.8, 4) is 11.1 Å². The molecule has 4 aromatic rings. The van der Waals surface area contributed by atoms with E-state index in [2.05, 4.69) is 10.3 Å². The highest BCUT2D eigenvalue weighted by Crippen LogP contribution is 2.36. The number of carbonyl (C=O) groups excluding carboxylic acids is 1. The van der Waals surface area contributed by atoms with Gasteiger partial charge in [-0.25, -0.2) is 0 Å². The maximum atomic E-state index is 13.9. The van der Waals surface area contributed by atoms with E-state index < -0.39 is 63.1 Å². The van der Waals surface area contributed by atoms with Crippen molar-refractivity contribution in [1.82, 2.24) is 14.9 Å². The Balaban J connectivity index is 1.87. The van der Waals surface area contributed by atoms with E-state index in [9.17, 15) is 44.3 Å². The summed E-state index contributed by atoms with van der Waals surface area (Å²) in [6.45, 7) is 2.05. The Bertz CT molecular complexity index is 1870. The normalized spacial score (nSPS) is 13.2. The third-order valence-electron chi connectivity index (χ3n) is 6.75. The van der Waals surface area contributed by atoms with Crippen LogP contribution in [0.25, 0.3) is 22.0 Å². The van der Waals surface area contributed by atoms with Crippen LogP contribution in [-0.4, -0.2) is 36.7 Å². The van der Waals surface area contributed by atoms with Crippen molar-refractivity contribution in [2.24, 2.45) is 5.92 Å². The van der Waals surface area contributed by atoms with E-state index in [0.717, 1.165) is 16.4 Å². The predicted octanol–water partition coefficient (Wildman–Crippen LogP) is 5.95. The Kier molecular flexibility index (Phi) is 9.45. The van der Waals surface area contributed by atoms with Crippen LogP contribution in [-0.2, 0) is 39.7 Å². The van der Waals surface area contributed by atoms with E-state index in [1.54, 1.807) is 37.3 Å². The molecule has 0 aliphatic carbocycles. The summed E-state index contributed by atoms with van der Waals surface area (Å²) in [4.78, 5) is 31.8. The molecule has 2 aromatic carbocycles. The maximum absolute atomic E-state index is 13.9. The molecule has 8 nitrogen and oxygen atoms in total. The van der Waals surface area contributed by atoms with E-state index in [0.29, 0.717) is 17.7 Å². The van der Waals surface area contributed by atoms with Crippen LogP contribution in [0.3, 0.4) is 0 Å². The molecule has 0 saturated carbocycles. The molecule has 240 valence electrons. The number of pyridine rings is 2. The first-order valence-electron chi connectivity index (χ1n) is 13.3. The van der Waals surface area contributed by atoms with Gasteiger partial charge in [0.2, 0.25) is 0 Å². The van der Waals surface area contributed by atoms with Gasteiger partial charge in [-0.2, -0.15) is 34.8 Å². The summed E-state index contributed by atoms with van der Waals surface area (Å²) < 4.78 is 110. The standard InChI is InChI=1S/C30H27F6N3O5S/c1-17-6-8-20(9-7-17)24-23-5-4-10-37-25(23)28(41)39(15-18(2)16-44-45(3,42)43)26(24)27(40)38-14-19-11-21(29(31,32)33)13-22(12-19)30(34,35)36/h4-13,18H,14-16H2,1-3H3,(H,38,40)/t18-/m1/s1. The Hall–Kier alpha value is -4.24. The van der Waals surface area contributed by atoms with Crippen molar-refractivity contribution in [2.45, 2.75) is 39.3 Å². The average molecular weight is 656 g/mol. The minimum Gasteiger partial charge on any atom is -0.347 e. The Morgan fingerprint density at radius 1 is 1.00 bits per heavy atom. The zero-order chi connectivity index (χ0) is 33.3. The number of nitrogens with zero attached hydrogens (tertiary/aromatic N) is 2. The van der Waals surface area contributed by atoms with Crippen LogP contribution in [0, 0.1) is 12.8 Å². The van der Waals surface area contributed by atoms with Crippen molar-refractivity contribution in [3.63, 3.8) is 0 Å². The van der Waals surface area contributed by atoms with E-state index in [-0.39, 0.29) is 41.4 Å². The molecule has 0 aliphatic heterocycles. The number of benzene rings is 2. The second-order valence-electron chi connectivity index (χ2n) is 10.6. The highest BCUT2D eigenvalue weighted by molar-refractivity contribution is 7.85. The molecule has 4 rings (SSSR count). The van der Waals surface area contributed by atoms with Gasteiger partial charge < -0.3 is 9.88 Å². The lowest BCUT2D eigenvalue weighted by atomic mass is 9.96. The highest BCUT2D eigenvalue weighted by Gasteiger charge is 2.37. The molecule has 0 unspecified atom stereocenters. The minimum atomic E-state index is -5.09. The molecule has 0 saturated heterocycles. The molecule has 1 atom stereocenters. The van der Waals surface area contributed by atoms with Crippen LogP contribution in [0.1, 0.15) is 39.7 Å². The molecule has 0 radical (unpaired) electrons. The Labute approximate surface area is 253 Å². The second-order valence-corrected chi connectivity index (χ2v) is 12.2. The van der Waals surface area contributed by atoms with Gasteiger partial charge in [-0.3, -0.25) is 18.8 Å². The first-order valence-corrected chi connectivity index (χ1v) is 15.2. The fourth-order valence-electron chi connectivity index (χ4n) is 4.68. The number of carbonyl (C=O) groups is 1. The van der Waals surface area contributed by atoms with Crippen LogP contribution >= 0.6 is 0 Å². The number of fused-ring (bicyclic) bond motifs is 1. The predicted molar refractivity (Wildman–Crippen MR) is 154 cm³/mol. The summed E-state index contributed by atoms with van der Waals surface area (Å²) in [5.41, 5.74) is -3.00. The molecule has 0 aliphatic rings. The topological polar surface area (TPSA) is 107 Å². The van der Waals surface area contributed by atoms with Crippen LogP contribution in [0.5, 0.6) is 0 Å². The van der Waals surface area contributed by atoms with Crippen molar-refractivity contribution in [3.05, 3.63) is 99.1 Å². The van der Waals surface area contributed by atoms with Gasteiger partial charge in [0.25, 0.3) is 21.6 Å². The Morgan fingerprint density at radius 3 is 2.16 bits per heavy atom. The zero-order valence-corrected chi connectivity index (χ0v) is 24.9. The van der Waals surface area contributed by atoms with Gasteiger partial charge in [0, 0.05) is 30.2 Å². The summed E-state index contributed by atoms with van der Waals surface area (Å²) in [6.07, 6.45) is -7.96. The maximum Gasteiger partial charge on any atom is 0.416 e. The molecule has 0 fully saturated rings. The van der Waals surface area contributed by atoms with Crippen molar-refractivity contribution >= 4 is 26.9 Å². The van der Waals surface area contributed by atoms with Crippen LogP contribution in [0.2, 0.25) is 0 Å². The van der Waals surface area contributed by atoms with Crippen molar-refractivity contribution < 1.29 is 43.7 Å².